The lowest BCUT2D eigenvalue weighted by Gasteiger charge is -1.95. The molecule has 1 aromatic rings. The molecule has 2 heteroatoms. The largest absolute Gasteiger partial charge is 0.318 e. The van der Waals surface area contributed by atoms with E-state index in [9.17, 15) is 4.79 Å². The highest BCUT2D eigenvalue weighted by Crippen LogP contribution is 1.68. The van der Waals surface area contributed by atoms with E-state index in [0.717, 1.165) is 5.22 Å². The van der Waals surface area contributed by atoms with Gasteiger partial charge in [0.2, 0.25) is 0 Å². The second kappa shape index (κ2) is 3.90. The van der Waals surface area contributed by atoms with E-state index in [4.69, 9.17) is 0 Å². The summed E-state index contributed by atoms with van der Waals surface area (Å²) in [5, 5.41) is 1.64. The minimum Gasteiger partial charge on any atom is -0.318 e. The number of aryl methyl sites for hydroxylation is 1. The summed E-state index contributed by atoms with van der Waals surface area (Å²) in [6.07, 6.45) is 7.04. The summed E-state index contributed by atoms with van der Waals surface area (Å²) in [5.74, 6) is 0. The molecule has 1 aromatic heterocycles. The quantitative estimate of drug-likeness (QED) is 0.595. The van der Waals surface area contributed by atoms with Gasteiger partial charge in [-0.2, -0.15) is 0 Å². The van der Waals surface area contributed by atoms with E-state index in [2.05, 4.69) is 6.58 Å². The van der Waals surface area contributed by atoms with Gasteiger partial charge in [-0.15, -0.1) is 0 Å². The predicted octanol–water partition coefficient (Wildman–Crippen LogP) is 0.152. The molecule has 0 spiro atoms. The SMILES string of the molecule is C=C/C=c1/c(=O)n(C)cc/c1=C/C. The summed E-state index contributed by atoms with van der Waals surface area (Å²) in [5.41, 5.74) is 0.00972. The Labute approximate surface area is 77.1 Å². The van der Waals surface area contributed by atoms with Crippen LogP contribution in [0.5, 0.6) is 0 Å². The third-order valence-corrected chi connectivity index (χ3v) is 1.93. The van der Waals surface area contributed by atoms with Crippen LogP contribution >= 0.6 is 0 Å². The van der Waals surface area contributed by atoms with Crippen molar-refractivity contribution in [1.29, 1.82) is 0 Å². The maximum atomic E-state index is 11.6. The zero-order chi connectivity index (χ0) is 9.84. The van der Waals surface area contributed by atoms with Gasteiger partial charge in [0.15, 0.2) is 0 Å². The highest BCUT2D eigenvalue weighted by atomic mass is 16.1. The zero-order valence-corrected chi connectivity index (χ0v) is 7.95. The Morgan fingerprint density at radius 2 is 2.23 bits per heavy atom. The molecule has 2 nitrogen and oxygen atoms in total. The molecule has 1 rings (SSSR count). The van der Waals surface area contributed by atoms with Gasteiger partial charge >= 0.3 is 0 Å². The standard InChI is InChI=1S/C11H13NO/c1-4-6-10-9(5-2)7-8-12(3)11(10)13/h4-8H,1H2,2-3H3/b9-5-,10-6+. The molecule has 0 atom stereocenters. The first-order valence-electron chi connectivity index (χ1n) is 4.15. The molecule has 0 aliphatic carbocycles. The number of hydrogen-bond acceptors (Lipinski definition) is 1. The van der Waals surface area contributed by atoms with Gasteiger partial charge < -0.3 is 4.57 Å². The number of allylic oxidation sites excluding steroid dienone is 1. The van der Waals surface area contributed by atoms with Crippen LogP contribution < -0.4 is 16.0 Å². The molecule has 0 amide bonds. The first-order chi connectivity index (χ1) is 6.20. The van der Waals surface area contributed by atoms with Gasteiger partial charge in [0.1, 0.15) is 0 Å². The molecular weight excluding hydrogens is 162 g/mol. The van der Waals surface area contributed by atoms with Crippen molar-refractivity contribution in [3.63, 3.8) is 0 Å². The molecule has 0 aromatic carbocycles. The lowest BCUT2D eigenvalue weighted by molar-refractivity contribution is 0.847. The van der Waals surface area contributed by atoms with Gasteiger partial charge in [0.05, 0.1) is 0 Å². The molecule has 0 bridgehead atoms. The topological polar surface area (TPSA) is 22.0 Å². The molecule has 1 heterocycles. The van der Waals surface area contributed by atoms with Crippen molar-refractivity contribution in [3.8, 4) is 0 Å². The lowest BCUT2D eigenvalue weighted by Crippen LogP contribution is -2.43. The third-order valence-electron chi connectivity index (χ3n) is 1.93. The molecule has 0 aliphatic heterocycles. The first kappa shape index (κ1) is 9.52. The summed E-state index contributed by atoms with van der Waals surface area (Å²) in [4.78, 5) is 11.6. The van der Waals surface area contributed by atoms with Crippen LogP contribution in [-0.4, -0.2) is 4.57 Å². The molecule has 0 fully saturated rings. The van der Waals surface area contributed by atoms with Crippen LogP contribution in [-0.2, 0) is 7.05 Å². The van der Waals surface area contributed by atoms with Gasteiger partial charge in [0.25, 0.3) is 5.56 Å². The highest BCUT2D eigenvalue weighted by Gasteiger charge is 1.91. The van der Waals surface area contributed by atoms with Gasteiger partial charge in [-0.1, -0.05) is 18.7 Å². The lowest BCUT2D eigenvalue weighted by atomic mass is 10.2. The average molecular weight is 175 g/mol. The Balaban J connectivity index is 3.83. The minimum atomic E-state index is 0.00972. The average Bonchev–Trinajstić information content (AvgIpc) is 2.14. The number of aromatic nitrogens is 1. The van der Waals surface area contributed by atoms with Gasteiger partial charge in [0, 0.05) is 18.5 Å². The van der Waals surface area contributed by atoms with Crippen molar-refractivity contribution >= 4 is 12.2 Å². The molecule has 0 saturated carbocycles. The van der Waals surface area contributed by atoms with Crippen LogP contribution in [0.3, 0.4) is 0 Å². The van der Waals surface area contributed by atoms with Crippen LogP contribution in [0.25, 0.3) is 12.2 Å². The number of pyridine rings is 1. The maximum Gasteiger partial charge on any atom is 0.258 e. The summed E-state index contributed by atoms with van der Waals surface area (Å²) >= 11 is 0. The van der Waals surface area contributed by atoms with Crippen LogP contribution in [0, 0.1) is 0 Å². The highest BCUT2D eigenvalue weighted by molar-refractivity contribution is 5.36. The van der Waals surface area contributed by atoms with E-state index in [1.807, 2.05) is 19.1 Å². The fourth-order valence-electron chi connectivity index (χ4n) is 1.20. The first-order valence-corrected chi connectivity index (χ1v) is 4.15. The number of hydrogen-bond donors (Lipinski definition) is 0. The molecule has 0 radical (unpaired) electrons. The van der Waals surface area contributed by atoms with Gasteiger partial charge in [-0.05, 0) is 24.3 Å². The summed E-state index contributed by atoms with van der Waals surface area (Å²) < 4.78 is 1.56. The van der Waals surface area contributed by atoms with Crippen LogP contribution in [0.15, 0.2) is 29.7 Å². The molecule has 0 N–H and O–H groups in total. The molecule has 0 unspecified atom stereocenters. The van der Waals surface area contributed by atoms with E-state index >= 15 is 0 Å². The van der Waals surface area contributed by atoms with Crippen LogP contribution in [0.2, 0.25) is 0 Å². The normalized spacial score (nSPS) is 13.4. The predicted molar refractivity (Wildman–Crippen MR) is 55.7 cm³/mol. The van der Waals surface area contributed by atoms with Crippen molar-refractivity contribution in [2.45, 2.75) is 6.92 Å². The maximum absolute atomic E-state index is 11.6. The fourth-order valence-corrected chi connectivity index (χ4v) is 1.20. The smallest absolute Gasteiger partial charge is 0.258 e. The molecule has 68 valence electrons. The van der Waals surface area contributed by atoms with Crippen molar-refractivity contribution in [2.24, 2.45) is 7.05 Å². The Morgan fingerprint density at radius 1 is 1.54 bits per heavy atom. The molecule has 0 aliphatic rings. The minimum absolute atomic E-state index is 0.00972. The van der Waals surface area contributed by atoms with Crippen molar-refractivity contribution in [1.82, 2.24) is 4.57 Å². The van der Waals surface area contributed by atoms with Crippen molar-refractivity contribution in [2.75, 3.05) is 0 Å². The van der Waals surface area contributed by atoms with Crippen molar-refractivity contribution < 1.29 is 0 Å². The Bertz CT molecular complexity index is 480. The van der Waals surface area contributed by atoms with Gasteiger partial charge in [-0.3, -0.25) is 4.79 Å². The number of nitrogens with zero attached hydrogens (tertiary/aromatic N) is 1. The van der Waals surface area contributed by atoms with Gasteiger partial charge in [-0.25, -0.2) is 0 Å². The second-order valence-electron chi connectivity index (χ2n) is 2.79. The second-order valence-corrected chi connectivity index (χ2v) is 2.79. The summed E-state index contributed by atoms with van der Waals surface area (Å²) in [6, 6.07) is 1.91. The fraction of sp³-hybridized carbons (Fsp3) is 0.182. The Morgan fingerprint density at radius 3 is 2.77 bits per heavy atom. The molecule has 13 heavy (non-hydrogen) atoms. The van der Waals surface area contributed by atoms with E-state index < -0.39 is 0 Å². The summed E-state index contributed by atoms with van der Waals surface area (Å²) in [7, 11) is 1.74. The monoisotopic (exact) mass is 175 g/mol. The zero-order valence-electron chi connectivity index (χ0n) is 7.95. The van der Waals surface area contributed by atoms with Crippen LogP contribution in [0.4, 0.5) is 0 Å². The van der Waals surface area contributed by atoms with Crippen molar-refractivity contribution in [3.05, 3.63) is 45.7 Å². The van der Waals surface area contributed by atoms with Crippen LogP contribution in [0.1, 0.15) is 6.92 Å². The van der Waals surface area contributed by atoms with E-state index in [0.29, 0.717) is 5.22 Å². The molecular formula is C11H13NO. The Hall–Kier alpha value is -1.57. The van der Waals surface area contributed by atoms with E-state index in [1.165, 1.54) is 0 Å². The van der Waals surface area contributed by atoms with E-state index in [-0.39, 0.29) is 5.56 Å². The van der Waals surface area contributed by atoms with E-state index in [1.54, 1.807) is 30.0 Å². The summed E-state index contributed by atoms with van der Waals surface area (Å²) in [6.45, 7) is 5.50. The third kappa shape index (κ3) is 1.78. The number of rotatable bonds is 1. The molecule has 0 saturated heterocycles. The Kier molecular flexibility index (Phi) is 2.85.